The Morgan fingerprint density at radius 3 is 2.71 bits per heavy atom. The highest BCUT2D eigenvalue weighted by Crippen LogP contribution is 2.14. The molecule has 17 heavy (non-hydrogen) atoms. The number of hydrogen-bond donors (Lipinski definition) is 1. The van der Waals surface area contributed by atoms with Crippen LogP contribution in [0.15, 0.2) is 12.5 Å². The van der Waals surface area contributed by atoms with Crippen LogP contribution in [0.1, 0.15) is 65.6 Å². The number of rotatable bonds is 6. The van der Waals surface area contributed by atoms with Crippen molar-refractivity contribution in [2.75, 3.05) is 0 Å². The third-order valence-corrected chi connectivity index (χ3v) is 2.94. The van der Waals surface area contributed by atoms with E-state index in [0.717, 1.165) is 12.2 Å². The Bertz CT molecular complexity index is 322. The summed E-state index contributed by atoms with van der Waals surface area (Å²) in [5.74, 6) is 0. The van der Waals surface area contributed by atoms with Gasteiger partial charge in [0, 0.05) is 24.3 Å². The van der Waals surface area contributed by atoms with E-state index in [1.165, 1.54) is 19.3 Å². The van der Waals surface area contributed by atoms with Crippen molar-refractivity contribution in [1.82, 2.24) is 14.9 Å². The average molecular weight is 237 g/mol. The predicted molar refractivity (Wildman–Crippen MR) is 73.1 cm³/mol. The average Bonchev–Trinajstić information content (AvgIpc) is 2.70. The molecular formula is C14H27N3. The minimum absolute atomic E-state index is 0.150. The molecule has 0 saturated carbocycles. The van der Waals surface area contributed by atoms with Gasteiger partial charge < -0.3 is 9.88 Å². The zero-order valence-electron chi connectivity index (χ0n) is 12.0. The Labute approximate surface area is 106 Å². The molecule has 3 nitrogen and oxygen atoms in total. The fourth-order valence-electron chi connectivity index (χ4n) is 1.72. The molecule has 0 fully saturated rings. The third kappa shape index (κ3) is 5.35. The minimum Gasteiger partial charge on any atom is -0.334 e. The summed E-state index contributed by atoms with van der Waals surface area (Å²) < 4.78 is 2.23. The van der Waals surface area contributed by atoms with Gasteiger partial charge in [0.05, 0.1) is 12.0 Å². The molecule has 0 amide bonds. The molecule has 0 aliphatic rings. The summed E-state index contributed by atoms with van der Waals surface area (Å²) in [4.78, 5) is 4.45. The van der Waals surface area contributed by atoms with Crippen LogP contribution >= 0.6 is 0 Å². The molecule has 0 aliphatic carbocycles. The lowest BCUT2D eigenvalue weighted by atomic mass is 10.1. The first-order chi connectivity index (χ1) is 7.92. The molecule has 1 N–H and O–H groups in total. The lowest BCUT2D eigenvalue weighted by molar-refractivity contribution is 0.421. The van der Waals surface area contributed by atoms with Crippen molar-refractivity contribution >= 4 is 0 Å². The summed E-state index contributed by atoms with van der Waals surface area (Å²) in [5, 5.41) is 3.46. The van der Waals surface area contributed by atoms with Crippen LogP contribution in [0.3, 0.4) is 0 Å². The smallest absolute Gasteiger partial charge is 0.0952 e. The Balaban J connectivity index is 2.47. The normalized spacial score (nSPS) is 13.9. The minimum atomic E-state index is 0.150. The molecule has 1 rings (SSSR count). The van der Waals surface area contributed by atoms with E-state index in [1.54, 1.807) is 0 Å². The van der Waals surface area contributed by atoms with Crippen LogP contribution in [0.25, 0.3) is 0 Å². The van der Waals surface area contributed by atoms with Crippen molar-refractivity contribution in [3.05, 3.63) is 18.2 Å². The summed E-state index contributed by atoms with van der Waals surface area (Å²) in [6, 6.07) is 0.561. The maximum absolute atomic E-state index is 4.45. The molecule has 0 aromatic carbocycles. The number of aromatic nitrogens is 2. The molecule has 0 saturated heterocycles. The van der Waals surface area contributed by atoms with Gasteiger partial charge in [0.1, 0.15) is 0 Å². The molecule has 0 spiro atoms. The van der Waals surface area contributed by atoms with E-state index >= 15 is 0 Å². The van der Waals surface area contributed by atoms with E-state index in [-0.39, 0.29) is 5.54 Å². The van der Waals surface area contributed by atoms with Gasteiger partial charge in [-0.2, -0.15) is 0 Å². The van der Waals surface area contributed by atoms with Gasteiger partial charge in [-0.05, 0) is 34.1 Å². The van der Waals surface area contributed by atoms with E-state index in [9.17, 15) is 0 Å². The van der Waals surface area contributed by atoms with E-state index in [0.29, 0.717) is 6.04 Å². The molecule has 1 aromatic heterocycles. The van der Waals surface area contributed by atoms with Crippen molar-refractivity contribution in [3.63, 3.8) is 0 Å². The molecule has 0 bridgehead atoms. The summed E-state index contributed by atoms with van der Waals surface area (Å²) in [7, 11) is 0. The second kappa shape index (κ2) is 6.20. The number of nitrogens with zero attached hydrogens (tertiary/aromatic N) is 2. The number of hydrogen-bond acceptors (Lipinski definition) is 2. The molecule has 1 unspecified atom stereocenters. The van der Waals surface area contributed by atoms with E-state index in [2.05, 4.69) is 55.7 Å². The van der Waals surface area contributed by atoms with Crippen molar-refractivity contribution in [3.8, 4) is 0 Å². The van der Waals surface area contributed by atoms with Crippen LogP contribution in [0, 0.1) is 0 Å². The third-order valence-electron chi connectivity index (χ3n) is 2.94. The predicted octanol–water partition coefficient (Wildman–Crippen LogP) is 3.52. The quantitative estimate of drug-likeness (QED) is 0.820. The van der Waals surface area contributed by atoms with E-state index in [4.69, 9.17) is 0 Å². The van der Waals surface area contributed by atoms with Crippen LogP contribution in [0.2, 0.25) is 0 Å². The fourth-order valence-corrected chi connectivity index (χ4v) is 1.72. The maximum atomic E-state index is 4.45. The first-order valence-corrected chi connectivity index (χ1v) is 6.69. The van der Waals surface area contributed by atoms with Crippen molar-refractivity contribution in [2.24, 2.45) is 0 Å². The van der Waals surface area contributed by atoms with Crippen LogP contribution < -0.4 is 5.32 Å². The molecule has 3 heteroatoms. The zero-order chi connectivity index (χ0) is 12.9. The van der Waals surface area contributed by atoms with Gasteiger partial charge in [0.15, 0.2) is 0 Å². The number of unbranched alkanes of at least 4 members (excludes halogenated alkanes) is 1. The van der Waals surface area contributed by atoms with Gasteiger partial charge in [-0.3, -0.25) is 0 Å². The van der Waals surface area contributed by atoms with E-state index < -0.39 is 0 Å². The molecule has 1 aromatic rings. The number of nitrogens with one attached hydrogen (secondary N) is 1. The lowest BCUT2D eigenvalue weighted by Crippen LogP contribution is -2.35. The molecule has 0 radical (unpaired) electrons. The Hall–Kier alpha value is -0.830. The molecule has 0 aliphatic heterocycles. The van der Waals surface area contributed by atoms with Gasteiger partial charge in [-0.15, -0.1) is 0 Å². The topological polar surface area (TPSA) is 29.9 Å². The fraction of sp³-hybridized carbons (Fsp3) is 0.786. The summed E-state index contributed by atoms with van der Waals surface area (Å²) in [5.41, 5.74) is 1.28. The van der Waals surface area contributed by atoms with Crippen LogP contribution in [-0.4, -0.2) is 15.1 Å². The number of imidazole rings is 1. The first-order valence-electron chi connectivity index (χ1n) is 6.69. The van der Waals surface area contributed by atoms with Gasteiger partial charge >= 0.3 is 0 Å². The Kier molecular flexibility index (Phi) is 5.19. The van der Waals surface area contributed by atoms with Crippen LogP contribution in [0.4, 0.5) is 0 Å². The lowest BCUT2D eigenvalue weighted by Gasteiger charge is -2.19. The summed E-state index contributed by atoms with van der Waals surface area (Å²) in [6.45, 7) is 11.9. The van der Waals surface area contributed by atoms with Crippen molar-refractivity contribution < 1.29 is 0 Å². The molecule has 1 atom stereocenters. The largest absolute Gasteiger partial charge is 0.334 e. The Morgan fingerprint density at radius 1 is 1.41 bits per heavy atom. The first kappa shape index (κ1) is 14.2. The van der Waals surface area contributed by atoms with Crippen molar-refractivity contribution in [2.45, 2.75) is 72.0 Å². The van der Waals surface area contributed by atoms with E-state index in [1.807, 2.05) is 6.33 Å². The summed E-state index contributed by atoms with van der Waals surface area (Å²) in [6.07, 6.45) is 7.91. The highest BCUT2D eigenvalue weighted by Gasteiger charge is 2.10. The monoisotopic (exact) mass is 237 g/mol. The van der Waals surface area contributed by atoms with Crippen molar-refractivity contribution in [1.29, 1.82) is 0 Å². The van der Waals surface area contributed by atoms with Crippen LogP contribution in [-0.2, 0) is 6.54 Å². The molecule has 1 heterocycles. The maximum Gasteiger partial charge on any atom is 0.0952 e. The van der Waals surface area contributed by atoms with Gasteiger partial charge in [-0.25, -0.2) is 4.98 Å². The van der Waals surface area contributed by atoms with Gasteiger partial charge in [0.25, 0.3) is 0 Å². The molecular weight excluding hydrogens is 210 g/mol. The van der Waals surface area contributed by atoms with Crippen LogP contribution in [0.5, 0.6) is 0 Å². The second-order valence-electron chi connectivity index (χ2n) is 5.91. The highest BCUT2D eigenvalue weighted by atomic mass is 15.1. The zero-order valence-corrected chi connectivity index (χ0v) is 12.0. The van der Waals surface area contributed by atoms with Gasteiger partial charge in [0.2, 0.25) is 0 Å². The standard InChI is InChI=1S/C14H27N3/c1-6-7-8-12(2)17-10-13(15-11-17)9-16-14(3,4)5/h10-12,16H,6-9H2,1-5H3. The summed E-state index contributed by atoms with van der Waals surface area (Å²) >= 11 is 0. The SMILES string of the molecule is CCCCC(C)n1cnc(CNC(C)(C)C)c1. The molecule has 98 valence electrons. The highest BCUT2D eigenvalue weighted by molar-refractivity contribution is 4.98. The second-order valence-corrected chi connectivity index (χ2v) is 5.91. The van der Waals surface area contributed by atoms with Gasteiger partial charge in [-0.1, -0.05) is 19.8 Å². The Morgan fingerprint density at radius 2 is 2.12 bits per heavy atom.